The predicted octanol–water partition coefficient (Wildman–Crippen LogP) is 6.73. The number of carbonyl (C=O) groups is 1. The van der Waals surface area contributed by atoms with Crippen molar-refractivity contribution in [2.75, 3.05) is 0 Å². The van der Waals surface area contributed by atoms with Crippen LogP contribution in [0.1, 0.15) is 79.1 Å². The van der Waals surface area contributed by atoms with E-state index < -0.39 is 48.2 Å². The number of hydrogen-bond acceptors (Lipinski definition) is 2. The minimum absolute atomic E-state index is 0.0997. The van der Waals surface area contributed by atoms with Gasteiger partial charge >= 0.3 is 0 Å². The summed E-state index contributed by atoms with van der Waals surface area (Å²) >= 11 is 0. The Labute approximate surface area is 173 Å². The van der Waals surface area contributed by atoms with Crippen molar-refractivity contribution in [1.29, 1.82) is 5.26 Å². The monoisotopic (exact) mass is 419 g/mol. The molecule has 0 radical (unpaired) electrons. The van der Waals surface area contributed by atoms with Crippen molar-refractivity contribution in [3.05, 3.63) is 0 Å². The highest BCUT2D eigenvalue weighted by Crippen LogP contribution is 2.40. The highest BCUT2D eigenvalue weighted by molar-refractivity contribution is 5.85. The van der Waals surface area contributed by atoms with E-state index >= 15 is 0 Å². The molecule has 0 N–H and O–H groups in total. The van der Waals surface area contributed by atoms with Gasteiger partial charge in [0.15, 0.2) is 0 Å². The molecule has 2 saturated carbocycles. The van der Waals surface area contributed by atoms with Crippen LogP contribution in [0.2, 0.25) is 0 Å². The van der Waals surface area contributed by atoms with Crippen LogP contribution in [0.5, 0.6) is 0 Å². The van der Waals surface area contributed by atoms with E-state index in [0.717, 1.165) is 5.92 Å². The lowest BCUT2D eigenvalue weighted by Gasteiger charge is -2.36. The average molecular weight is 420 g/mol. The number of halogens is 4. The molecule has 4 unspecified atom stereocenters. The minimum Gasteiger partial charge on any atom is -0.299 e. The fourth-order valence-electron chi connectivity index (χ4n) is 4.70. The number of carbonyl (C=O) groups excluding carboxylic acids is 1. The first kappa shape index (κ1) is 25.9. The summed E-state index contributed by atoms with van der Waals surface area (Å²) in [5, 5.41) is 8.68. The predicted molar refractivity (Wildman–Crippen MR) is 107 cm³/mol. The van der Waals surface area contributed by atoms with Crippen molar-refractivity contribution in [1.82, 2.24) is 0 Å². The maximum absolute atomic E-state index is 14.0. The number of nitriles is 1. The van der Waals surface area contributed by atoms with E-state index in [0.29, 0.717) is 0 Å². The molecule has 0 spiro atoms. The van der Waals surface area contributed by atoms with Gasteiger partial charge in [-0.15, -0.1) is 0 Å². The van der Waals surface area contributed by atoms with E-state index in [1.807, 2.05) is 0 Å². The molecule has 0 saturated heterocycles. The Morgan fingerprint density at radius 3 is 1.76 bits per heavy atom. The summed E-state index contributed by atoms with van der Waals surface area (Å²) in [5.41, 5.74) is 0. The molecule has 0 aromatic carbocycles. The average Bonchev–Trinajstić information content (AvgIpc) is 2.61. The largest absolute Gasteiger partial charge is 0.299 e. The molecule has 6 heteroatoms. The lowest BCUT2D eigenvalue weighted by atomic mass is 9.70. The molecule has 0 aliphatic heterocycles. The van der Waals surface area contributed by atoms with Gasteiger partial charge in [0.05, 0.1) is 12.0 Å². The molecular weight excluding hydrogens is 382 g/mol. The van der Waals surface area contributed by atoms with E-state index in [-0.39, 0.29) is 31.6 Å². The summed E-state index contributed by atoms with van der Waals surface area (Å²) in [7, 11) is 0. The van der Waals surface area contributed by atoms with Gasteiger partial charge in [0, 0.05) is 5.92 Å². The lowest BCUT2D eigenvalue weighted by molar-refractivity contribution is -0.137. The normalized spacial score (nSPS) is 37.4. The van der Waals surface area contributed by atoms with Gasteiger partial charge in [-0.1, -0.05) is 53.4 Å². The Kier molecular flexibility index (Phi) is 11.2. The third-order valence-electron chi connectivity index (χ3n) is 6.28. The Hall–Kier alpha value is -1.12. The first-order chi connectivity index (χ1) is 13.7. The second kappa shape index (κ2) is 12.5. The van der Waals surface area contributed by atoms with Gasteiger partial charge in [-0.25, -0.2) is 17.6 Å². The van der Waals surface area contributed by atoms with Crippen LogP contribution in [-0.2, 0) is 4.79 Å². The third kappa shape index (κ3) is 7.57. The number of hydrogen-bond donors (Lipinski definition) is 0. The molecule has 168 valence electrons. The molecule has 2 rings (SSSR count). The summed E-state index contributed by atoms with van der Waals surface area (Å²) in [6.45, 7) is 8.57. The van der Waals surface area contributed by atoms with Crippen molar-refractivity contribution in [3.8, 4) is 6.07 Å². The summed E-state index contributed by atoms with van der Waals surface area (Å²) in [5.74, 6) is -3.73. The topological polar surface area (TPSA) is 40.9 Å². The van der Waals surface area contributed by atoms with E-state index in [4.69, 9.17) is 5.26 Å². The van der Waals surface area contributed by atoms with Crippen molar-refractivity contribution >= 4 is 5.78 Å². The molecule has 0 aromatic rings. The maximum Gasteiger partial charge on any atom is 0.145 e. The number of ketones is 1. The van der Waals surface area contributed by atoms with Gasteiger partial charge in [-0.2, -0.15) is 5.26 Å². The maximum atomic E-state index is 14.0. The smallest absolute Gasteiger partial charge is 0.145 e. The van der Waals surface area contributed by atoms with Crippen LogP contribution in [0.3, 0.4) is 0 Å². The van der Waals surface area contributed by atoms with E-state index in [9.17, 15) is 22.4 Å². The second-order valence-corrected chi connectivity index (χ2v) is 9.07. The molecule has 2 aliphatic carbocycles. The van der Waals surface area contributed by atoms with E-state index in [2.05, 4.69) is 20.8 Å². The molecule has 0 heterocycles. The summed E-state index contributed by atoms with van der Waals surface area (Å²) in [6.07, 6.45) is -1.62. The SMILES string of the molecule is CC1CC(F)C(C(=O)C2CC(F)C(C#N)C(F)C2)C(F)C1.CCCC(C)CCC. The summed E-state index contributed by atoms with van der Waals surface area (Å²) in [6, 6.07) is 1.56. The van der Waals surface area contributed by atoms with Crippen LogP contribution in [0, 0.1) is 40.9 Å². The molecule has 2 nitrogen and oxygen atoms in total. The van der Waals surface area contributed by atoms with Gasteiger partial charge in [0.2, 0.25) is 0 Å². The highest BCUT2D eigenvalue weighted by atomic mass is 19.2. The van der Waals surface area contributed by atoms with Gasteiger partial charge in [-0.05, 0) is 37.5 Å². The summed E-state index contributed by atoms with van der Waals surface area (Å²) in [4.78, 5) is 12.3. The van der Waals surface area contributed by atoms with Crippen molar-refractivity contribution < 1.29 is 22.4 Å². The van der Waals surface area contributed by atoms with E-state index in [1.165, 1.54) is 25.7 Å². The third-order valence-corrected chi connectivity index (χ3v) is 6.28. The molecule has 2 aliphatic rings. The molecular formula is C23H37F4NO. The Balaban J connectivity index is 0.000000447. The quantitative estimate of drug-likeness (QED) is 0.448. The number of Topliss-reactive ketones (excluding diaryl/α,β-unsaturated/α-hetero) is 1. The van der Waals surface area contributed by atoms with Crippen molar-refractivity contribution in [3.63, 3.8) is 0 Å². The number of nitrogens with zero attached hydrogens (tertiary/aromatic N) is 1. The molecule has 0 aromatic heterocycles. The van der Waals surface area contributed by atoms with Crippen LogP contribution in [0.15, 0.2) is 0 Å². The van der Waals surface area contributed by atoms with Gasteiger partial charge in [0.1, 0.15) is 36.4 Å². The van der Waals surface area contributed by atoms with Gasteiger partial charge in [-0.3, -0.25) is 4.79 Å². The highest BCUT2D eigenvalue weighted by Gasteiger charge is 2.48. The number of rotatable bonds is 6. The standard InChI is InChI=1S/C15H19F4NO.C8H18/c1-7-2-12(18)14(13(19)3-7)15(21)8-4-10(16)9(6-20)11(17)5-8;1-4-6-8(3)7-5-2/h7-14H,2-5H2,1H3;8H,4-7H2,1-3H3. The fraction of sp³-hybridized carbons (Fsp3) is 0.913. The van der Waals surface area contributed by atoms with Crippen LogP contribution in [-0.4, -0.2) is 30.5 Å². The molecule has 0 bridgehead atoms. The fourth-order valence-corrected chi connectivity index (χ4v) is 4.70. The zero-order chi connectivity index (χ0) is 22.1. The molecule has 4 atom stereocenters. The molecule has 0 amide bonds. The second-order valence-electron chi connectivity index (χ2n) is 9.07. The van der Waals surface area contributed by atoms with Crippen LogP contribution >= 0.6 is 0 Å². The first-order valence-corrected chi connectivity index (χ1v) is 11.2. The van der Waals surface area contributed by atoms with Crippen molar-refractivity contribution in [2.45, 2.75) is 104 Å². The minimum atomic E-state index is -1.76. The van der Waals surface area contributed by atoms with E-state index in [1.54, 1.807) is 13.0 Å². The van der Waals surface area contributed by atoms with Crippen LogP contribution in [0.25, 0.3) is 0 Å². The summed E-state index contributed by atoms with van der Waals surface area (Å²) < 4.78 is 55.4. The van der Waals surface area contributed by atoms with Crippen LogP contribution in [0.4, 0.5) is 17.6 Å². The first-order valence-electron chi connectivity index (χ1n) is 11.2. The molecule has 29 heavy (non-hydrogen) atoms. The van der Waals surface area contributed by atoms with Crippen LogP contribution < -0.4 is 0 Å². The zero-order valence-corrected chi connectivity index (χ0v) is 18.2. The van der Waals surface area contributed by atoms with Crippen molar-refractivity contribution in [2.24, 2.45) is 29.6 Å². The van der Waals surface area contributed by atoms with Gasteiger partial charge < -0.3 is 0 Å². The zero-order valence-electron chi connectivity index (χ0n) is 18.2. The number of alkyl halides is 4. The lowest BCUT2D eigenvalue weighted by Crippen LogP contribution is -2.46. The Morgan fingerprint density at radius 1 is 0.931 bits per heavy atom. The Morgan fingerprint density at radius 2 is 1.38 bits per heavy atom. The Bertz CT molecular complexity index is 507. The molecule has 2 fully saturated rings. The van der Waals surface area contributed by atoms with Gasteiger partial charge in [0.25, 0.3) is 0 Å².